The van der Waals surface area contributed by atoms with E-state index in [1.165, 1.54) is 0 Å². The Bertz CT molecular complexity index is 740. The highest BCUT2D eigenvalue weighted by molar-refractivity contribution is 5.94. The molecule has 2 aromatic rings. The van der Waals surface area contributed by atoms with Crippen LogP contribution in [0.5, 0.6) is 11.5 Å². The van der Waals surface area contributed by atoms with E-state index >= 15 is 0 Å². The molecular weight excluding hydrogens is 326 g/mol. The van der Waals surface area contributed by atoms with Gasteiger partial charge in [0.25, 0.3) is 5.91 Å². The molecule has 1 amide bonds. The average molecular weight is 355 g/mol. The molecule has 4 nitrogen and oxygen atoms in total. The lowest BCUT2D eigenvalue weighted by Gasteiger charge is -2.16. The summed E-state index contributed by atoms with van der Waals surface area (Å²) in [5.74, 6) is 1.87. The number of ether oxygens (including phenoxy) is 2. The first-order chi connectivity index (χ1) is 12.5. The number of benzene rings is 2. The Labute approximate surface area is 156 Å². The normalized spacial score (nSPS) is 11.9. The van der Waals surface area contributed by atoms with E-state index in [2.05, 4.69) is 25.2 Å². The third kappa shape index (κ3) is 5.01. The zero-order valence-corrected chi connectivity index (χ0v) is 16.3. The number of methoxy groups -OCH3 is 1. The third-order valence-electron chi connectivity index (χ3n) is 4.46. The van der Waals surface area contributed by atoms with Gasteiger partial charge in [-0.1, -0.05) is 39.0 Å². The van der Waals surface area contributed by atoms with Crippen LogP contribution in [-0.2, 0) is 6.61 Å². The number of carbonyl (C=O) groups excluding carboxylic acids is 1. The van der Waals surface area contributed by atoms with Crippen molar-refractivity contribution in [1.29, 1.82) is 0 Å². The van der Waals surface area contributed by atoms with E-state index in [1.807, 2.05) is 44.2 Å². The second-order valence-corrected chi connectivity index (χ2v) is 6.79. The van der Waals surface area contributed by atoms with Gasteiger partial charge in [0.15, 0.2) is 0 Å². The summed E-state index contributed by atoms with van der Waals surface area (Å²) in [6, 6.07) is 13.6. The Morgan fingerprint density at radius 1 is 1.08 bits per heavy atom. The molecule has 0 unspecified atom stereocenters. The molecular formula is C22H29NO3. The van der Waals surface area contributed by atoms with E-state index in [9.17, 15) is 4.79 Å². The topological polar surface area (TPSA) is 47.6 Å². The van der Waals surface area contributed by atoms with Crippen molar-refractivity contribution in [3.63, 3.8) is 0 Å². The molecule has 0 aromatic heterocycles. The van der Waals surface area contributed by atoms with Crippen molar-refractivity contribution in [3.8, 4) is 11.5 Å². The molecule has 0 radical (unpaired) electrons. The number of nitrogens with one attached hydrogen (secondary N) is 1. The quantitative estimate of drug-likeness (QED) is 0.731. The Hall–Kier alpha value is -2.49. The summed E-state index contributed by atoms with van der Waals surface area (Å²) < 4.78 is 11.5. The molecule has 0 spiro atoms. The summed E-state index contributed by atoms with van der Waals surface area (Å²) in [7, 11) is 1.62. The molecule has 0 aliphatic carbocycles. The fourth-order valence-corrected chi connectivity index (χ4v) is 2.69. The highest BCUT2D eigenvalue weighted by atomic mass is 16.5. The summed E-state index contributed by atoms with van der Waals surface area (Å²) in [5, 5.41) is 2.99. The van der Waals surface area contributed by atoms with Crippen LogP contribution in [0.4, 0.5) is 0 Å². The second kappa shape index (κ2) is 9.27. The highest BCUT2D eigenvalue weighted by Gasteiger charge is 2.13. The lowest BCUT2D eigenvalue weighted by Crippen LogP contribution is -2.31. The maximum atomic E-state index is 12.4. The summed E-state index contributed by atoms with van der Waals surface area (Å²) in [5.41, 5.74) is 2.63. The number of para-hydroxylation sites is 1. The second-order valence-electron chi connectivity index (χ2n) is 6.79. The molecule has 0 saturated carbocycles. The first-order valence-electron chi connectivity index (χ1n) is 9.15. The van der Waals surface area contributed by atoms with Gasteiger partial charge in [-0.3, -0.25) is 4.79 Å². The minimum absolute atomic E-state index is 0.0779. The van der Waals surface area contributed by atoms with Gasteiger partial charge in [0.05, 0.1) is 7.11 Å². The van der Waals surface area contributed by atoms with Gasteiger partial charge >= 0.3 is 0 Å². The number of hydrogen-bond donors (Lipinski definition) is 1. The first-order valence-corrected chi connectivity index (χ1v) is 9.15. The molecule has 0 aliphatic heterocycles. The van der Waals surface area contributed by atoms with Crippen LogP contribution in [-0.4, -0.2) is 19.1 Å². The van der Waals surface area contributed by atoms with Gasteiger partial charge < -0.3 is 14.8 Å². The van der Waals surface area contributed by atoms with Crippen LogP contribution < -0.4 is 14.8 Å². The largest absolute Gasteiger partial charge is 0.496 e. The summed E-state index contributed by atoms with van der Waals surface area (Å²) in [6.45, 7) is 8.67. The molecule has 0 aliphatic rings. The summed E-state index contributed by atoms with van der Waals surface area (Å²) >= 11 is 0. The maximum absolute atomic E-state index is 12.4. The molecule has 0 saturated heterocycles. The number of hydrogen-bond acceptors (Lipinski definition) is 3. The molecule has 0 bridgehead atoms. The lowest BCUT2D eigenvalue weighted by atomic mass is 10.0. The van der Waals surface area contributed by atoms with Crippen LogP contribution >= 0.6 is 0 Å². The van der Waals surface area contributed by atoms with Gasteiger partial charge in [-0.2, -0.15) is 0 Å². The number of amides is 1. The van der Waals surface area contributed by atoms with Crippen molar-refractivity contribution in [3.05, 3.63) is 59.2 Å². The average Bonchev–Trinajstić information content (AvgIpc) is 2.65. The van der Waals surface area contributed by atoms with E-state index in [4.69, 9.17) is 9.47 Å². The van der Waals surface area contributed by atoms with Gasteiger partial charge in [-0.05, 0) is 49.1 Å². The van der Waals surface area contributed by atoms with Crippen LogP contribution in [0.2, 0.25) is 0 Å². The van der Waals surface area contributed by atoms with Crippen LogP contribution in [0.3, 0.4) is 0 Å². The minimum Gasteiger partial charge on any atom is -0.496 e. The molecule has 0 heterocycles. The van der Waals surface area contributed by atoms with Crippen LogP contribution in [0.1, 0.15) is 61.5 Å². The fraction of sp³-hybridized carbons (Fsp3) is 0.409. The molecule has 1 N–H and O–H groups in total. The van der Waals surface area contributed by atoms with Gasteiger partial charge in [-0.25, -0.2) is 0 Å². The molecule has 2 aromatic carbocycles. The van der Waals surface area contributed by atoms with Crippen molar-refractivity contribution in [1.82, 2.24) is 5.32 Å². The van der Waals surface area contributed by atoms with E-state index in [0.29, 0.717) is 23.8 Å². The standard InChI is InChI=1S/C22H29NO3/c1-6-16(4)23-22(24)17-11-12-20(25-5)18(13-17)14-26-21-10-8-7-9-19(21)15(2)3/h7-13,15-16H,6,14H2,1-5H3,(H,23,24)/t16-/m0/s1. The molecule has 0 fully saturated rings. The van der Waals surface area contributed by atoms with Gasteiger partial charge in [0, 0.05) is 17.2 Å². The van der Waals surface area contributed by atoms with Crippen molar-refractivity contribution in [2.75, 3.05) is 7.11 Å². The zero-order valence-electron chi connectivity index (χ0n) is 16.3. The van der Waals surface area contributed by atoms with Gasteiger partial charge in [0.2, 0.25) is 0 Å². The Balaban J connectivity index is 2.20. The van der Waals surface area contributed by atoms with Crippen molar-refractivity contribution in [2.24, 2.45) is 0 Å². The predicted octanol–water partition coefficient (Wildman–Crippen LogP) is 4.93. The SMILES string of the molecule is CC[C@H](C)NC(=O)c1ccc(OC)c(COc2ccccc2C(C)C)c1. The Kier molecular flexibility index (Phi) is 7.07. The third-order valence-corrected chi connectivity index (χ3v) is 4.46. The Morgan fingerprint density at radius 2 is 1.81 bits per heavy atom. The van der Waals surface area contributed by atoms with Crippen molar-refractivity contribution < 1.29 is 14.3 Å². The molecule has 1 atom stereocenters. The van der Waals surface area contributed by atoms with Crippen molar-refractivity contribution in [2.45, 2.75) is 52.7 Å². The monoisotopic (exact) mass is 355 g/mol. The van der Waals surface area contributed by atoms with E-state index < -0.39 is 0 Å². The Morgan fingerprint density at radius 3 is 2.46 bits per heavy atom. The minimum atomic E-state index is -0.0779. The van der Waals surface area contributed by atoms with Gasteiger partial charge in [0.1, 0.15) is 18.1 Å². The van der Waals surface area contributed by atoms with Crippen LogP contribution in [0.25, 0.3) is 0 Å². The van der Waals surface area contributed by atoms with Crippen LogP contribution in [0.15, 0.2) is 42.5 Å². The molecule has 140 valence electrons. The maximum Gasteiger partial charge on any atom is 0.251 e. The van der Waals surface area contributed by atoms with E-state index in [0.717, 1.165) is 23.3 Å². The van der Waals surface area contributed by atoms with Crippen LogP contribution in [0, 0.1) is 0 Å². The highest BCUT2D eigenvalue weighted by Crippen LogP contribution is 2.28. The van der Waals surface area contributed by atoms with Crippen molar-refractivity contribution >= 4 is 5.91 Å². The predicted molar refractivity (Wildman–Crippen MR) is 105 cm³/mol. The smallest absolute Gasteiger partial charge is 0.251 e. The molecule has 4 heteroatoms. The van der Waals surface area contributed by atoms with Gasteiger partial charge in [-0.15, -0.1) is 0 Å². The molecule has 26 heavy (non-hydrogen) atoms. The zero-order chi connectivity index (χ0) is 19.1. The summed E-state index contributed by atoms with van der Waals surface area (Å²) in [4.78, 5) is 12.4. The lowest BCUT2D eigenvalue weighted by molar-refractivity contribution is 0.0939. The number of carbonyl (C=O) groups is 1. The number of rotatable bonds is 8. The van der Waals surface area contributed by atoms with E-state index in [-0.39, 0.29) is 11.9 Å². The fourth-order valence-electron chi connectivity index (χ4n) is 2.69. The molecule has 2 rings (SSSR count). The first kappa shape index (κ1) is 19.8. The summed E-state index contributed by atoms with van der Waals surface area (Å²) in [6.07, 6.45) is 0.893. The van der Waals surface area contributed by atoms with E-state index in [1.54, 1.807) is 13.2 Å².